The monoisotopic (exact) mass is 358 g/mol. The Labute approximate surface area is 135 Å². The van der Waals surface area contributed by atoms with Gasteiger partial charge in [0, 0.05) is 0 Å². The summed E-state index contributed by atoms with van der Waals surface area (Å²) in [5, 5.41) is 85.8. The van der Waals surface area contributed by atoms with Crippen LogP contribution in [-0.4, -0.2) is 120 Å². The molecular weight excluding hydrogens is 336 g/mol. The molecule has 0 aromatic rings. The molecule has 2 aliphatic heterocycles. The lowest BCUT2D eigenvalue weighted by atomic mass is 9.96. The lowest BCUT2D eigenvalue weighted by Gasteiger charge is -2.45. The molecule has 2 rings (SSSR count). The number of aliphatic hydroxyl groups is 9. The summed E-state index contributed by atoms with van der Waals surface area (Å²) in [4.78, 5) is 0. The fraction of sp³-hybridized carbons (Fsp3) is 1.00. The first-order valence-electron chi connectivity index (χ1n) is 7.20. The topological polar surface area (TPSA) is 210 Å². The molecule has 2 saturated heterocycles. The zero-order valence-electron chi connectivity index (χ0n) is 12.3. The van der Waals surface area contributed by atoms with E-state index in [9.17, 15) is 40.9 Å². The minimum absolute atomic E-state index is 0.720. The lowest BCUT2D eigenvalue weighted by Crippen LogP contribution is -2.65. The molecule has 0 aromatic carbocycles. The molecule has 2 fully saturated rings. The number of aliphatic hydroxyl groups excluding tert-OH is 8. The number of hydrogen-bond acceptors (Lipinski definition) is 12. The Morgan fingerprint density at radius 2 is 1.42 bits per heavy atom. The summed E-state index contributed by atoms with van der Waals surface area (Å²) in [6, 6.07) is 0. The third-order valence-electron chi connectivity index (χ3n) is 4.03. The Balaban J connectivity index is 2.16. The molecule has 2 heterocycles. The van der Waals surface area contributed by atoms with Crippen molar-refractivity contribution in [2.45, 2.75) is 67.7 Å². The zero-order chi connectivity index (χ0) is 18.2. The van der Waals surface area contributed by atoms with Gasteiger partial charge in [0.25, 0.3) is 0 Å². The second kappa shape index (κ2) is 7.82. The van der Waals surface area contributed by atoms with Gasteiger partial charge in [0.05, 0.1) is 6.61 Å². The maximum absolute atomic E-state index is 9.95. The van der Waals surface area contributed by atoms with Gasteiger partial charge in [-0.3, -0.25) is 0 Å². The average molecular weight is 358 g/mol. The number of hydrogen-bond donors (Lipinski definition) is 9. The van der Waals surface area contributed by atoms with E-state index in [-0.39, 0.29) is 0 Å². The molecule has 2 aliphatic rings. The van der Waals surface area contributed by atoms with Crippen molar-refractivity contribution in [3.63, 3.8) is 0 Å². The van der Waals surface area contributed by atoms with E-state index in [1.54, 1.807) is 0 Å². The molecule has 12 nitrogen and oxygen atoms in total. The van der Waals surface area contributed by atoms with Gasteiger partial charge in [-0.25, -0.2) is 0 Å². The van der Waals surface area contributed by atoms with Crippen LogP contribution in [0.3, 0.4) is 0 Å². The Morgan fingerprint density at radius 1 is 0.792 bits per heavy atom. The summed E-state index contributed by atoms with van der Waals surface area (Å²) in [6.45, 7) is -0.720. The van der Waals surface area contributed by atoms with Crippen molar-refractivity contribution in [2.75, 3.05) is 6.61 Å². The van der Waals surface area contributed by atoms with Crippen LogP contribution in [0.4, 0.5) is 0 Å². The highest BCUT2D eigenvalue weighted by Crippen LogP contribution is 2.29. The van der Waals surface area contributed by atoms with Crippen LogP contribution >= 0.6 is 0 Å². The van der Waals surface area contributed by atoms with Crippen molar-refractivity contribution in [1.29, 1.82) is 0 Å². The van der Waals surface area contributed by atoms with Crippen molar-refractivity contribution in [3.05, 3.63) is 0 Å². The van der Waals surface area contributed by atoms with E-state index in [1.807, 2.05) is 0 Å². The second-order valence-electron chi connectivity index (χ2n) is 5.68. The molecule has 0 unspecified atom stereocenters. The second-order valence-corrected chi connectivity index (χ2v) is 5.68. The SMILES string of the molecule is OC[C@H]1O[C@H](O[C@H]2[C@H](O)[C@@H](O)[C@@H](O)O[C@@H]2C(O)O)[C@H](O)[C@@H](O)[C@@H]1O. The summed E-state index contributed by atoms with van der Waals surface area (Å²) in [7, 11) is 0. The van der Waals surface area contributed by atoms with E-state index in [4.69, 9.17) is 19.3 Å². The van der Waals surface area contributed by atoms with Crippen LogP contribution in [0.5, 0.6) is 0 Å². The largest absolute Gasteiger partial charge is 0.394 e. The van der Waals surface area contributed by atoms with Gasteiger partial charge in [-0.15, -0.1) is 0 Å². The smallest absolute Gasteiger partial charge is 0.187 e. The molecule has 0 aromatic heterocycles. The molecule has 24 heavy (non-hydrogen) atoms. The van der Waals surface area contributed by atoms with Crippen molar-refractivity contribution in [3.8, 4) is 0 Å². The molecule has 0 saturated carbocycles. The highest BCUT2D eigenvalue weighted by Gasteiger charge is 2.51. The molecule has 10 atom stereocenters. The lowest BCUT2D eigenvalue weighted by molar-refractivity contribution is -0.369. The van der Waals surface area contributed by atoms with Crippen LogP contribution in [0.2, 0.25) is 0 Å². The first kappa shape index (κ1) is 19.8. The van der Waals surface area contributed by atoms with E-state index < -0.39 is 74.3 Å². The predicted octanol–water partition coefficient (Wildman–Crippen LogP) is -6.08. The minimum atomic E-state index is -2.23. The van der Waals surface area contributed by atoms with E-state index in [1.165, 1.54) is 0 Å². The van der Waals surface area contributed by atoms with Crippen LogP contribution in [0.1, 0.15) is 0 Å². The summed E-state index contributed by atoms with van der Waals surface area (Å²) in [5.41, 5.74) is 0. The molecule has 0 bridgehead atoms. The fourth-order valence-corrected chi connectivity index (χ4v) is 2.61. The number of rotatable bonds is 4. The van der Waals surface area contributed by atoms with Gasteiger partial charge >= 0.3 is 0 Å². The van der Waals surface area contributed by atoms with Gasteiger partial charge in [-0.1, -0.05) is 0 Å². The zero-order valence-corrected chi connectivity index (χ0v) is 12.3. The van der Waals surface area contributed by atoms with Crippen LogP contribution in [-0.2, 0) is 14.2 Å². The van der Waals surface area contributed by atoms with Gasteiger partial charge in [0.2, 0.25) is 0 Å². The Bertz CT molecular complexity index is 405. The Hall–Kier alpha value is -0.480. The van der Waals surface area contributed by atoms with E-state index in [2.05, 4.69) is 0 Å². The minimum Gasteiger partial charge on any atom is -0.394 e. The van der Waals surface area contributed by atoms with E-state index in [0.29, 0.717) is 0 Å². The summed E-state index contributed by atoms with van der Waals surface area (Å²) in [6.07, 6.45) is -19.4. The van der Waals surface area contributed by atoms with Gasteiger partial charge < -0.3 is 60.2 Å². The van der Waals surface area contributed by atoms with Crippen molar-refractivity contribution >= 4 is 0 Å². The van der Waals surface area contributed by atoms with Crippen LogP contribution in [0.15, 0.2) is 0 Å². The average Bonchev–Trinajstić information content (AvgIpc) is 2.54. The number of ether oxygens (including phenoxy) is 3. The molecule has 0 radical (unpaired) electrons. The third-order valence-corrected chi connectivity index (χ3v) is 4.03. The molecular formula is C12H22O12. The van der Waals surface area contributed by atoms with Crippen LogP contribution in [0, 0.1) is 0 Å². The maximum Gasteiger partial charge on any atom is 0.187 e. The van der Waals surface area contributed by atoms with E-state index >= 15 is 0 Å². The first-order valence-corrected chi connectivity index (χ1v) is 7.20. The quantitative estimate of drug-likeness (QED) is 0.215. The van der Waals surface area contributed by atoms with Gasteiger partial charge in [0.1, 0.15) is 48.8 Å². The predicted molar refractivity (Wildman–Crippen MR) is 69.8 cm³/mol. The van der Waals surface area contributed by atoms with Crippen molar-refractivity contribution in [1.82, 2.24) is 0 Å². The van der Waals surface area contributed by atoms with Gasteiger partial charge in [-0.2, -0.15) is 0 Å². The molecule has 0 amide bonds. The third kappa shape index (κ3) is 3.70. The normalized spacial score (nSPS) is 50.2. The highest BCUT2D eigenvalue weighted by molar-refractivity contribution is 4.94. The summed E-state index contributed by atoms with van der Waals surface area (Å²) >= 11 is 0. The first-order chi connectivity index (χ1) is 11.2. The van der Waals surface area contributed by atoms with Gasteiger partial charge in [0.15, 0.2) is 18.9 Å². The fourth-order valence-electron chi connectivity index (χ4n) is 2.61. The maximum atomic E-state index is 9.95. The van der Waals surface area contributed by atoms with Crippen molar-refractivity contribution < 1.29 is 60.2 Å². The molecule has 12 heteroatoms. The van der Waals surface area contributed by atoms with Crippen LogP contribution in [0.25, 0.3) is 0 Å². The Kier molecular flexibility index (Phi) is 6.46. The molecule has 9 N–H and O–H groups in total. The van der Waals surface area contributed by atoms with E-state index in [0.717, 1.165) is 0 Å². The standard InChI is InChI=1S/C12H22O12/c13-1-2-3(14)4(15)7(18)12(22-2)24-8-5(16)6(17)11(21)23-9(8)10(19)20/h2-21H,1H2/t2-,3-,4+,5-,6-,7-,8+,9+,11+,12-/m1/s1. The van der Waals surface area contributed by atoms with Crippen LogP contribution < -0.4 is 0 Å². The Morgan fingerprint density at radius 3 is 1.96 bits per heavy atom. The van der Waals surface area contributed by atoms with Crippen molar-refractivity contribution in [2.24, 2.45) is 0 Å². The molecule has 142 valence electrons. The summed E-state index contributed by atoms with van der Waals surface area (Å²) < 4.78 is 15.0. The van der Waals surface area contributed by atoms with Gasteiger partial charge in [-0.05, 0) is 0 Å². The molecule has 0 aliphatic carbocycles. The molecule has 0 spiro atoms. The summed E-state index contributed by atoms with van der Waals surface area (Å²) in [5.74, 6) is 0. The highest BCUT2D eigenvalue weighted by atomic mass is 16.7.